The van der Waals surface area contributed by atoms with Gasteiger partial charge in [-0.3, -0.25) is 4.79 Å². The molecular formula is C19H17BrClN3O3. The van der Waals surface area contributed by atoms with E-state index < -0.39 is 0 Å². The first-order chi connectivity index (χ1) is 12.9. The van der Waals surface area contributed by atoms with Crippen molar-refractivity contribution in [3.05, 3.63) is 63.4 Å². The Balaban J connectivity index is 1.59. The molecule has 3 aromatic rings. The molecule has 0 unspecified atom stereocenters. The fourth-order valence-electron chi connectivity index (χ4n) is 2.39. The molecule has 27 heavy (non-hydrogen) atoms. The van der Waals surface area contributed by atoms with Crippen molar-refractivity contribution in [2.75, 3.05) is 13.7 Å². The van der Waals surface area contributed by atoms with Crippen molar-refractivity contribution in [3.63, 3.8) is 0 Å². The fourth-order valence-corrected chi connectivity index (χ4v) is 3.08. The number of likely N-dealkylation sites (N-methyl/N-ethyl adjacent to an activating group) is 1. The number of hydrogen-bond donors (Lipinski definition) is 0. The molecule has 3 rings (SSSR count). The van der Waals surface area contributed by atoms with Gasteiger partial charge >= 0.3 is 0 Å². The number of ether oxygens (including phenoxy) is 1. The van der Waals surface area contributed by atoms with Gasteiger partial charge in [-0.05, 0) is 42.8 Å². The molecule has 0 fully saturated rings. The first-order valence-corrected chi connectivity index (χ1v) is 9.31. The lowest BCUT2D eigenvalue weighted by molar-refractivity contribution is -0.132. The van der Waals surface area contributed by atoms with Crippen LogP contribution in [0.4, 0.5) is 0 Å². The Morgan fingerprint density at radius 3 is 2.81 bits per heavy atom. The summed E-state index contributed by atoms with van der Waals surface area (Å²) in [5, 5.41) is 4.46. The van der Waals surface area contributed by atoms with Crippen molar-refractivity contribution >= 4 is 33.4 Å². The molecule has 6 nitrogen and oxygen atoms in total. The van der Waals surface area contributed by atoms with Crippen molar-refractivity contribution in [2.24, 2.45) is 0 Å². The summed E-state index contributed by atoms with van der Waals surface area (Å²) >= 11 is 9.54. The smallest absolute Gasteiger partial charge is 0.260 e. The van der Waals surface area contributed by atoms with Crippen LogP contribution in [0.5, 0.6) is 5.75 Å². The van der Waals surface area contributed by atoms with E-state index in [9.17, 15) is 4.79 Å². The van der Waals surface area contributed by atoms with Crippen molar-refractivity contribution in [1.82, 2.24) is 15.0 Å². The number of carbonyl (C=O) groups is 1. The van der Waals surface area contributed by atoms with Gasteiger partial charge in [-0.25, -0.2) is 0 Å². The van der Waals surface area contributed by atoms with Crippen molar-refractivity contribution in [2.45, 2.75) is 13.5 Å². The van der Waals surface area contributed by atoms with E-state index in [0.717, 1.165) is 10.0 Å². The largest absolute Gasteiger partial charge is 0.483 e. The lowest BCUT2D eigenvalue weighted by atomic mass is 10.2. The second-order valence-corrected chi connectivity index (χ2v) is 7.26. The van der Waals surface area contributed by atoms with Gasteiger partial charge < -0.3 is 14.2 Å². The number of aryl methyl sites for hydroxylation is 1. The molecule has 1 heterocycles. The van der Waals surface area contributed by atoms with Crippen LogP contribution in [-0.2, 0) is 11.3 Å². The molecule has 0 radical (unpaired) electrons. The predicted octanol–water partition coefficient (Wildman–Crippen LogP) is 4.50. The van der Waals surface area contributed by atoms with Gasteiger partial charge in [-0.2, -0.15) is 4.98 Å². The van der Waals surface area contributed by atoms with Gasteiger partial charge in [-0.1, -0.05) is 44.8 Å². The highest BCUT2D eigenvalue weighted by Crippen LogP contribution is 2.25. The monoisotopic (exact) mass is 449 g/mol. The van der Waals surface area contributed by atoms with Gasteiger partial charge in [0.1, 0.15) is 5.75 Å². The van der Waals surface area contributed by atoms with Crippen LogP contribution in [0.1, 0.15) is 11.5 Å². The lowest BCUT2D eigenvalue weighted by Crippen LogP contribution is -2.31. The van der Waals surface area contributed by atoms with E-state index in [-0.39, 0.29) is 19.1 Å². The standard InChI is InChI=1S/C19H17BrClN3O3/c1-12-9-13(20)7-8-16(12)26-11-18(25)24(2)10-17-22-19(23-27-17)14-5-3-4-6-15(14)21/h3-9H,10-11H2,1-2H3. The number of benzene rings is 2. The Kier molecular flexibility index (Phi) is 6.13. The third-order valence-corrected chi connectivity index (χ3v) is 4.69. The quantitative estimate of drug-likeness (QED) is 0.553. The van der Waals surface area contributed by atoms with Crippen LogP contribution in [0.3, 0.4) is 0 Å². The second-order valence-electron chi connectivity index (χ2n) is 5.94. The Morgan fingerprint density at radius 1 is 1.30 bits per heavy atom. The molecule has 0 aliphatic carbocycles. The van der Waals surface area contributed by atoms with E-state index in [2.05, 4.69) is 26.1 Å². The molecule has 0 spiro atoms. The van der Waals surface area contributed by atoms with E-state index in [1.54, 1.807) is 19.2 Å². The molecular weight excluding hydrogens is 434 g/mol. The van der Waals surface area contributed by atoms with Crippen LogP contribution in [-0.4, -0.2) is 34.6 Å². The summed E-state index contributed by atoms with van der Waals surface area (Å²) in [4.78, 5) is 18.1. The second kappa shape index (κ2) is 8.54. The van der Waals surface area contributed by atoms with Crippen LogP contribution < -0.4 is 4.74 Å². The number of amides is 1. The maximum Gasteiger partial charge on any atom is 0.260 e. The van der Waals surface area contributed by atoms with Gasteiger partial charge in [0.2, 0.25) is 11.7 Å². The van der Waals surface area contributed by atoms with Crippen LogP contribution >= 0.6 is 27.5 Å². The number of rotatable bonds is 6. The first kappa shape index (κ1) is 19.4. The molecule has 1 aromatic heterocycles. The van der Waals surface area contributed by atoms with Crippen LogP contribution in [0.2, 0.25) is 5.02 Å². The average Bonchev–Trinajstić information content (AvgIpc) is 3.09. The average molecular weight is 451 g/mol. The molecule has 0 aliphatic heterocycles. The van der Waals surface area contributed by atoms with E-state index >= 15 is 0 Å². The van der Waals surface area contributed by atoms with Gasteiger partial charge in [0, 0.05) is 17.1 Å². The fraction of sp³-hybridized carbons (Fsp3) is 0.211. The number of nitrogens with zero attached hydrogens (tertiary/aromatic N) is 3. The minimum Gasteiger partial charge on any atom is -0.483 e. The minimum atomic E-state index is -0.199. The van der Waals surface area contributed by atoms with Gasteiger partial charge in [0.05, 0.1) is 11.6 Å². The highest BCUT2D eigenvalue weighted by molar-refractivity contribution is 9.10. The summed E-state index contributed by atoms with van der Waals surface area (Å²) in [5.41, 5.74) is 1.62. The normalized spacial score (nSPS) is 10.7. The summed E-state index contributed by atoms with van der Waals surface area (Å²) < 4.78 is 11.8. The van der Waals surface area contributed by atoms with Crippen LogP contribution in [0.25, 0.3) is 11.4 Å². The molecule has 2 aromatic carbocycles. The number of carbonyl (C=O) groups excluding carboxylic acids is 1. The van der Waals surface area contributed by atoms with Crippen molar-refractivity contribution in [1.29, 1.82) is 0 Å². The molecule has 140 valence electrons. The molecule has 0 atom stereocenters. The third-order valence-electron chi connectivity index (χ3n) is 3.87. The van der Waals surface area contributed by atoms with Crippen LogP contribution in [0.15, 0.2) is 51.5 Å². The Hall–Kier alpha value is -2.38. The molecule has 1 amide bonds. The Labute approximate surface area is 170 Å². The van der Waals surface area contributed by atoms with E-state index in [4.69, 9.17) is 20.9 Å². The third kappa shape index (κ3) is 4.87. The Bertz CT molecular complexity index is 961. The summed E-state index contributed by atoms with van der Waals surface area (Å²) in [6.07, 6.45) is 0. The van der Waals surface area contributed by atoms with E-state index in [1.807, 2.05) is 37.3 Å². The van der Waals surface area contributed by atoms with E-state index in [0.29, 0.717) is 28.1 Å². The SMILES string of the molecule is Cc1cc(Br)ccc1OCC(=O)N(C)Cc1nc(-c2ccccc2Cl)no1. The highest BCUT2D eigenvalue weighted by atomic mass is 79.9. The number of aromatic nitrogens is 2. The lowest BCUT2D eigenvalue weighted by Gasteiger charge is -2.16. The maximum atomic E-state index is 12.3. The van der Waals surface area contributed by atoms with Gasteiger partial charge in [0.25, 0.3) is 5.91 Å². The molecule has 0 saturated carbocycles. The topological polar surface area (TPSA) is 68.5 Å². The highest BCUT2D eigenvalue weighted by Gasteiger charge is 2.16. The van der Waals surface area contributed by atoms with Gasteiger partial charge in [0.15, 0.2) is 6.61 Å². The first-order valence-electron chi connectivity index (χ1n) is 8.14. The summed E-state index contributed by atoms with van der Waals surface area (Å²) in [5.74, 6) is 1.17. The zero-order chi connectivity index (χ0) is 19.4. The summed E-state index contributed by atoms with van der Waals surface area (Å²) in [6, 6.07) is 12.8. The number of hydrogen-bond acceptors (Lipinski definition) is 5. The van der Waals surface area contributed by atoms with Crippen LogP contribution in [0, 0.1) is 6.92 Å². The summed E-state index contributed by atoms with van der Waals surface area (Å²) in [7, 11) is 1.65. The predicted molar refractivity (Wildman–Crippen MR) is 106 cm³/mol. The number of halogens is 2. The zero-order valence-electron chi connectivity index (χ0n) is 14.8. The molecule has 0 saturated heterocycles. The minimum absolute atomic E-state index is 0.0789. The summed E-state index contributed by atoms with van der Waals surface area (Å²) in [6.45, 7) is 2.02. The van der Waals surface area contributed by atoms with Gasteiger partial charge in [-0.15, -0.1) is 0 Å². The molecule has 8 heteroatoms. The molecule has 0 N–H and O–H groups in total. The van der Waals surface area contributed by atoms with Crippen molar-refractivity contribution in [3.8, 4) is 17.1 Å². The van der Waals surface area contributed by atoms with Crippen molar-refractivity contribution < 1.29 is 14.1 Å². The Morgan fingerprint density at radius 2 is 2.07 bits per heavy atom. The molecule has 0 aliphatic rings. The maximum absolute atomic E-state index is 12.3. The zero-order valence-corrected chi connectivity index (χ0v) is 17.1. The van der Waals surface area contributed by atoms with E-state index in [1.165, 1.54) is 4.90 Å². The molecule has 0 bridgehead atoms.